The molecule has 142 valence electrons. The zero-order chi connectivity index (χ0) is 19.5. The minimum absolute atomic E-state index is 0.128. The summed E-state index contributed by atoms with van der Waals surface area (Å²) in [6.07, 6.45) is 0.761. The van der Waals surface area contributed by atoms with Crippen LogP contribution in [0.1, 0.15) is 58.3 Å². The molecule has 0 heterocycles. The normalized spacial score (nSPS) is 15.0. The van der Waals surface area contributed by atoms with Gasteiger partial charge in [0.05, 0.1) is 4.90 Å². The molecule has 1 amide bonds. The zero-order valence-electron chi connectivity index (χ0n) is 16.0. The average molecular weight is 370 g/mol. The summed E-state index contributed by atoms with van der Waals surface area (Å²) < 4.78 is 27.2. The number of carbonyl (C=O) groups excluding carboxylic acids is 1. The molecule has 1 aromatic carbocycles. The van der Waals surface area contributed by atoms with Crippen molar-refractivity contribution in [3.63, 3.8) is 0 Å². The quantitative estimate of drug-likeness (QED) is 0.686. The minimum Gasteiger partial charge on any atom is -0.346 e. The fourth-order valence-electron chi connectivity index (χ4n) is 2.68. The van der Waals surface area contributed by atoms with E-state index in [4.69, 9.17) is 5.73 Å². The number of nitrogens with one attached hydrogen (secondary N) is 2. The first-order valence-electron chi connectivity index (χ1n) is 8.45. The summed E-state index contributed by atoms with van der Waals surface area (Å²) in [5.74, 6) is 0.131. The number of rotatable bonds is 7. The average Bonchev–Trinajstić information content (AvgIpc) is 2.44. The number of benzene rings is 1. The molecule has 1 unspecified atom stereocenters. The maximum absolute atomic E-state index is 12.5. The Morgan fingerprint density at radius 1 is 1.12 bits per heavy atom. The molecule has 0 radical (unpaired) electrons. The molecule has 1 aromatic rings. The Hall–Kier alpha value is -1.44. The fraction of sp³-hybridized carbons (Fsp3) is 0.611. The predicted molar refractivity (Wildman–Crippen MR) is 101 cm³/mol. The van der Waals surface area contributed by atoms with Gasteiger partial charge < -0.3 is 11.1 Å². The summed E-state index contributed by atoms with van der Waals surface area (Å²) in [7, 11) is -3.62. The topological polar surface area (TPSA) is 101 Å². The number of hydrogen-bond acceptors (Lipinski definition) is 4. The van der Waals surface area contributed by atoms with Gasteiger partial charge in [-0.2, -0.15) is 0 Å². The van der Waals surface area contributed by atoms with Crippen LogP contribution in [0.3, 0.4) is 0 Å². The summed E-state index contributed by atoms with van der Waals surface area (Å²) in [5.41, 5.74) is 5.15. The van der Waals surface area contributed by atoms with E-state index in [2.05, 4.69) is 23.9 Å². The second kappa shape index (κ2) is 7.85. The van der Waals surface area contributed by atoms with E-state index in [0.717, 1.165) is 6.42 Å². The molecule has 0 saturated heterocycles. The van der Waals surface area contributed by atoms with E-state index < -0.39 is 21.1 Å². The summed E-state index contributed by atoms with van der Waals surface area (Å²) in [6.45, 7) is 11.7. The Bertz CT molecular complexity index is 691. The van der Waals surface area contributed by atoms with Crippen LogP contribution >= 0.6 is 0 Å². The van der Waals surface area contributed by atoms with Gasteiger partial charge in [-0.25, -0.2) is 13.1 Å². The Kier molecular flexibility index (Phi) is 6.78. The summed E-state index contributed by atoms with van der Waals surface area (Å²) >= 11 is 0. The molecule has 0 saturated carbocycles. The van der Waals surface area contributed by atoms with Gasteiger partial charge in [-0.1, -0.05) is 13.8 Å². The highest BCUT2D eigenvalue weighted by molar-refractivity contribution is 7.89. The summed E-state index contributed by atoms with van der Waals surface area (Å²) in [4.78, 5) is 12.6. The van der Waals surface area contributed by atoms with Crippen molar-refractivity contribution in [1.82, 2.24) is 10.0 Å². The van der Waals surface area contributed by atoms with Crippen LogP contribution in [-0.4, -0.2) is 31.9 Å². The highest BCUT2D eigenvalue weighted by Gasteiger charge is 2.27. The first-order valence-corrected chi connectivity index (χ1v) is 9.93. The third-order valence-electron chi connectivity index (χ3n) is 3.59. The van der Waals surface area contributed by atoms with E-state index in [9.17, 15) is 13.2 Å². The van der Waals surface area contributed by atoms with Crippen LogP contribution in [0.4, 0.5) is 0 Å². The van der Waals surface area contributed by atoms with E-state index in [1.165, 1.54) is 24.3 Å². The third kappa shape index (κ3) is 6.76. The number of nitrogens with two attached hydrogens (primary N) is 1. The van der Waals surface area contributed by atoms with Gasteiger partial charge >= 0.3 is 0 Å². The molecule has 0 bridgehead atoms. The van der Waals surface area contributed by atoms with Crippen molar-refractivity contribution in [2.75, 3.05) is 6.54 Å². The lowest BCUT2D eigenvalue weighted by Gasteiger charge is -2.31. The van der Waals surface area contributed by atoms with E-state index in [-0.39, 0.29) is 10.8 Å². The molecule has 0 aliphatic heterocycles. The standard InChI is InChI=1S/C18H31N3O3S/c1-13(2)11-18(6,12-19)20-16(22)14-7-9-15(10-8-14)25(23,24)21-17(3,4)5/h7-10,13,21H,11-12,19H2,1-6H3,(H,20,22). The van der Waals surface area contributed by atoms with Crippen LogP contribution in [0.2, 0.25) is 0 Å². The van der Waals surface area contributed by atoms with Crippen LogP contribution in [-0.2, 0) is 10.0 Å². The van der Waals surface area contributed by atoms with Gasteiger partial charge in [0.25, 0.3) is 5.91 Å². The lowest BCUT2D eigenvalue weighted by molar-refractivity contribution is 0.0898. The van der Waals surface area contributed by atoms with Gasteiger partial charge in [0.1, 0.15) is 0 Å². The third-order valence-corrected chi connectivity index (χ3v) is 5.37. The minimum atomic E-state index is -3.62. The molecule has 0 aliphatic rings. The molecular formula is C18H31N3O3S. The number of carbonyl (C=O) groups is 1. The molecule has 0 aliphatic carbocycles. The largest absolute Gasteiger partial charge is 0.346 e. The highest BCUT2D eigenvalue weighted by Crippen LogP contribution is 2.18. The molecule has 4 N–H and O–H groups in total. The second-order valence-electron chi connectivity index (χ2n) is 8.20. The van der Waals surface area contributed by atoms with E-state index >= 15 is 0 Å². The van der Waals surface area contributed by atoms with Gasteiger partial charge in [-0.05, 0) is 64.3 Å². The van der Waals surface area contributed by atoms with Gasteiger partial charge in [-0.15, -0.1) is 0 Å². The molecule has 1 rings (SSSR count). The fourth-order valence-corrected chi connectivity index (χ4v) is 4.10. The smallest absolute Gasteiger partial charge is 0.251 e. The van der Waals surface area contributed by atoms with Crippen molar-refractivity contribution in [1.29, 1.82) is 0 Å². The highest BCUT2D eigenvalue weighted by atomic mass is 32.2. The van der Waals surface area contributed by atoms with Crippen LogP contribution in [0.15, 0.2) is 29.2 Å². The lowest BCUT2D eigenvalue weighted by atomic mass is 9.90. The van der Waals surface area contributed by atoms with Gasteiger partial charge in [-0.3, -0.25) is 4.79 Å². The van der Waals surface area contributed by atoms with Crippen molar-refractivity contribution >= 4 is 15.9 Å². The number of amides is 1. The maximum Gasteiger partial charge on any atom is 0.251 e. The van der Waals surface area contributed by atoms with Gasteiger partial charge in [0.15, 0.2) is 0 Å². The first kappa shape index (κ1) is 21.6. The van der Waals surface area contributed by atoms with Crippen LogP contribution < -0.4 is 15.8 Å². The molecule has 0 fully saturated rings. The Balaban J connectivity index is 2.94. The van der Waals surface area contributed by atoms with Crippen molar-refractivity contribution in [2.24, 2.45) is 11.7 Å². The Morgan fingerprint density at radius 2 is 1.64 bits per heavy atom. The second-order valence-corrected chi connectivity index (χ2v) is 9.88. The van der Waals surface area contributed by atoms with Crippen LogP contribution in [0, 0.1) is 5.92 Å². The van der Waals surface area contributed by atoms with Gasteiger partial charge in [0.2, 0.25) is 10.0 Å². The Labute approximate surface area is 151 Å². The van der Waals surface area contributed by atoms with Crippen LogP contribution in [0.25, 0.3) is 0 Å². The van der Waals surface area contributed by atoms with E-state index in [1.54, 1.807) is 20.8 Å². The first-order chi connectivity index (χ1) is 11.3. The number of sulfonamides is 1. The van der Waals surface area contributed by atoms with Crippen molar-refractivity contribution in [3.05, 3.63) is 29.8 Å². The number of hydrogen-bond donors (Lipinski definition) is 3. The molecule has 1 atom stereocenters. The molecule has 6 nitrogen and oxygen atoms in total. The van der Waals surface area contributed by atoms with E-state index in [1.807, 2.05) is 6.92 Å². The Morgan fingerprint density at radius 3 is 2.04 bits per heavy atom. The van der Waals surface area contributed by atoms with Crippen molar-refractivity contribution < 1.29 is 13.2 Å². The predicted octanol–water partition coefficient (Wildman–Crippen LogP) is 2.26. The zero-order valence-corrected chi connectivity index (χ0v) is 16.8. The summed E-state index contributed by atoms with van der Waals surface area (Å²) in [6, 6.07) is 5.90. The lowest BCUT2D eigenvalue weighted by Crippen LogP contribution is -2.52. The van der Waals surface area contributed by atoms with Gasteiger partial charge in [0, 0.05) is 23.2 Å². The van der Waals surface area contributed by atoms with Crippen molar-refractivity contribution in [2.45, 2.75) is 63.9 Å². The van der Waals surface area contributed by atoms with E-state index in [0.29, 0.717) is 18.0 Å². The van der Waals surface area contributed by atoms with Crippen molar-refractivity contribution in [3.8, 4) is 0 Å². The molecule has 7 heteroatoms. The molecule has 0 spiro atoms. The molecule has 25 heavy (non-hydrogen) atoms. The summed E-state index contributed by atoms with van der Waals surface area (Å²) in [5, 5.41) is 2.96. The van der Waals surface area contributed by atoms with Crippen LogP contribution in [0.5, 0.6) is 0 Å². The monoisotopic (exact) mass is 369 g/mol. The molecular weight excluding hydrogens is 338 g/mol. The SMILES string of the molecule is CC(C)CC(C)(CN)NC(=O)c1ccc(S(=O)(=O)NC(C)(C)C)cc1. The molecule has 0 aromatic heterocycles. The maximum atomic E-state index is 12.5.